The summed E-state index contributed by atoms with van der Waals surface area (Å²) >= 11 is 0. The molecule has 4 aromatic rings. The maximum Gasteiger partial charge on any atom is 0.471 e. The molecule has 0 aliphatic carbocycles. The molecule has 186 valence electrons. The number of hydrogen-bond acceptors (Lipinski definition) is 5. The van der Waals surface area contributed by atoms with Gasteiger partial charge >= 0.3 is 18.2 Å². The maximum atomic E-state index is 13.3. The van der Waals surface area contributed by atoms with E-state index in [1.165, 1.54) is 30.5 Å². The minimum Gasteiger partial charge on any atom is -0.345 e. The van der Waals surface area contributed by atoms with Crippen molar-refractivity contribution in [1.82, 2.24) is 20.4 Å². The summed E-state index contributed by atoms with van der Waals surface area (Å²) in [4.78, 5) is 20.2. The molecule has 0 aliphatic heterocycles. The topological polar surface area (TPSA) is 80.9 Å². The Balaban J connectivity index is 1.60. The highest BCUT2D eigenvalue weighted by Gasteiger charge is 2.38. The van der Waals surface area contributed by atoms with Crippen molar-refractivity contribution in [2.75, 3.05) is 0 Å². The zero-order valence-corrected chi connectivity index (χ0v) is 18.1. The van der Waals surface area contributed by atoms with Crippen LogP contribution in [0.4, 0.5) is 26.3 Å². The number of carbonyl (C=O) groups excluding carboxylic acids is 1. The lowest BCUT2D eigenvalue weighted by Crippen LogP contribution is -2.30. The van der Waals surface area contributed by atoms with Crippen molar-refractivity contribution in [3.8, 4) is 11.4 Å². The molecule has 0 fully saturated rings. The molecule has 36 heavy (non-hydrogen) atoms. The summed E-state index contributed by atoms with van der Waals surface area (Å²) in [7, 11) is 0. The standard InChI is InChI=1S/C24H16F6N4O2/c25-23(26,27)17-8-4-7-15(11-17)19(32-21(35)14-5-2-1-3-6-14)12-18-10-9-16(13-31-18)20-33-22(36-34-20)24(28,29)30/h1-11,13,19H,12H2,(H,32,35). The first kappa shape index (κ1) is 24.9. The van der Waals surface area contributed by atoms with Crippen LogP contribution in [0.3, 0.4) is 0 Å². The fraction of sp³-hybridized carbons (Fsp3) is 0.167. The summed E-state index contributed by atoms with van der Waals surface area (Å²) in [6.07, 6.45) is -8.17. The molecule has 1 amide bonds. The molecule has 6 nitrogen and oxygen atoms in total. The van der Waals surface area contributed by atoms with Crippen LogP contribution in [0.5, 0.6) is 0 Å². The molecular formula is C24H16F6N4O2. The van der Waals surface area contributed by atoms with Crippen LogP contribution in [0.15, 0.2) is 77.4 Å². The van der Waals surface area contributed by atoms with Gasteiger partial charge in [0.05, 0.1) is 11.6 Å². The van der Waals surface area contributed by atoms with Gasteiger partial charge in [-0.15, -0.1) is 0 Å². The molecule has 4 rings (SSSR count). The molecule has 0 aliphatic rings. The van der Waals surface area contributed by atoms with Crippen LogP contribution in [0, 0.1) is 0 Å². The van der Waals surface area contributed by atoms with Crippen molar-refractivity contribution in [2.45, 2.75) is 24.8 Å². The number of aromatic nitrogens is 3. The highest BCUT2D eigenvalue weighted by atomic mass is 19.4. The summed E-state index contributed by atoms with van der Waals surface area (Å²) in [5, 5.41) is 6.02. The number of halogens is 6. The molecule has 0 spiro atoms. The third-order valence-electron chi connectivity index (χ3n) is 5.12. The van der Waals surface area contributed by atoms with Crippen molar-refractivity contribution in [3.63, 3.8) is 0 Å². The van der Waals surface area contributed by atoms with E-state index in [2.05, 4.69) is 25.0 Å². The van der Waals surface area contributed by atoms with Crippen molar-refractivity contribution in [2.24, 2.45) is 0 Å². The maximum absolute atomic E-state index is 13.3. The van der Waals surface area contributed by atoms with E-state index >= 15 is 0 Å². The molecule has 0 radical (unpaired) electrons. The number of carbonyl (C=O) groups is 1. The van der Waals surface area contributed by atoms with E-state index in [0.717, 1.165) is 12.1 Å². The van der Waals surface area contributed by atoms with Crippen LogP contribution in [0.25, 0.3) is 11.4 Å². The fourth-order valence-electron chi connectivity index (χ4n) is 3.36. The fourth-order valence-corrected chi connectivity index (χ4v) is 3.36. The second-order valence-corrected chi connectivity index (χ2v) is 7.68. The van der Waals surface area contributed by atoms with E-state index in [9.17, 15) is 31.1 Å². The van der Waals surface area contributed by atoms with E-state index in [1.54, 1.807) is 30.3 Å². The van der Waals surface area contributed by atoms with E-state index in [0.29, 0.717) is 11.3 Å². The zero-order valence-electron chi connectivity index (χ0n) is 18.1. The number of rotatable bonds is 6. The van der Waals surface area contributed by atoms with Crippen LogP contribution in [0.1, 0.15) is 39.1 Å². The van der Waals surface area contributed by atoms with E-state index in [1.807, 2.05) is 0 Å². The molecule has 0 saturated heterocycles. The van der Waals surface area contributed by atoms with Gasteiger partial charge in [-0.2, -0.15) is 31.3 Å². The van der Waals surface area contributed by atoms with Crippen molar-refractivity contribution in [3.05, 3.63) is 101 Å². The predicted molar refractivity (Wildman–Crippen MR) is 114 cm³/mol. The van der Waals surface area contributed by atoms with Gasteiger partial charge in [0.2, 0.25) is 5.82 Å². The van der Waals surface area contributed by atoms with Crippen molar-refractivity contribution >= 4 is 5.91 Å². The minimum atomic E-state index is -4.80. The van der Waals surface area contributed by atoms with Gasteiger partial charge in [0.25, 0.3) is 5.91 Å². The summed E-state index contributed by atoms with van der Waals surface area (Å²) in [5.41, 5.74) is 0.138. The number of amides is 1. The van der Waals surface area contributed by atoms with Crippen LogP contribution in [-0.4, -0.2) is 21.0 Å². The Hall–Kier alpha value is -4.22. The Kier molecular flexibility index (Phi) is 6.77. The normalized spacial score (nSPS) is 12.8. The van der Waals surface area contributed by atoms with Crippen molar-refractivity contribution in [1.29, 1.82) is 0 Å². The Morgan fingerprint density at radius 2 is 1.67 bits per heavy atom. The summed E-state index contributed by atoms with van der Waals surface area (Å²) in [6.45, 7) is 0. The first-order valence-electron chi connectivity index (χ1n) is 10.4. The molecule has 2 heterocycles. The Bertz CT molecular complexity index is 1340. The third kappa shape index (κ3) is 5.88. The van der Waals surface area contributed by atoms with Gasteiger partial charge in [-0.3, -0.25) is 9.78 Å². The largest absolute Gasteiger partial charge is 0.471 e. The zero-order chi connectivity index (χ0) is 25.9. The van der Waals surface area contributed by atoms with Gasteiger partial charge in [0, 0.05) is 29.4 Å². The first-order valence-corrected chi connectivity index (χ1v) is 10.4. The second kappa shape index (κ2) is 9.80. The molecule has 0 saturated carbocycles. The lowest BCUT2D eigenvalue weighted by molar-refractivity contribution is -0.159. The number of nitrogens with one attached hydrogen (secondary N) is 1. The molecule has 0 bridgehead atoms. The summed E-state index contributed by atoms with van der Waals surface area (Å²) in [5.74, 6) is -2.33. The van der Waals surface area contributed by atoms with E-state index in [4.69, 9.17) is 0 Å². The molecule has 1 unspecified atom stereocenters. The summed E-state index contributed by atoms with van der Waals surface area (Å²) in [6, 6.07) is 14.7. The SMILES string of the molecule is O=C(NC(Cc1ccc(-c2noc(C(F)(F)F)n2)cn1)c1cccc(C(F)(F)F)c1)c1ccccc1. The average molecular weight is 506 g/mol. The number of alkyl halides is 6. The molecule has 1 atom stereocenters. The predicted octanol–water partition coefficient (Wildman–Crippen LogP) is 5.88. The Labute approximate surface area is 200 Å². The molecular weight excluding hydrogens is 490 g/mol. The third-order valence-corrected chi connectivity index (χ3v) is 5.12. The van der Waals surface area contributed by atoms with Crippen LogP contribution in [0.2, 0.25) is 0 Å². The number of nitrogens with zero attached hydrogens (tertiary/aromatic N) is 3. The van der Waals surface area contributed by atoms with Gasteiger partial charge in [-0.05, 0) is 42.0 Å². The number of pyridine rings is 1. The molecule has 1 N–H and O–H groups in total. The lowest BCUT2D eigenvalue weighted by atomic mass is 9.98. The van der Waals surface area contributed by atoms with E-state index in [-0.39, 0.29) is 23.4 Å². The van der Waals surface area contributed by atoms with Gasteiger partial charge in [-0.25, -0.2) is 0 Å². The first-order chi connectivity index (χ1) is 17.0. The van der Waals surface area contributed by atoms with Crippen LogP contribution in [-0.2, 0) is 18.8 Å². The highest BCUT2D eigenvalue weighted by Crippen LogP contribution is 2.32. The highest BCUT2D eigenvalue weighted by molar-refractivity contribution is 5.94. The molecule has 2 aromatic carbocycles. The van der Waals surface area contributed by atoms with Gasteiger partial charge in [-0.1, -0.05) is 35.5 Å². The smallest absolute Gasteiger partial charge is 0.345 e. The quantitative estimate of drug-likeness (QED) is 0.330. The number of benzene rings is 2. The van der Waals surface area contributed by atoms with Gasteiger partial charge < -0.3 is 9.84 Å². The summed E-state index contributed by atoms with van der Waals surface area (Å²) < 4.78 is 82.1. The van der Waals surface area contributed by atoms with Gasteiger partial charge in [0.1, 0.15) is 0 Å². The Morgan fingerprint density at radius 1 is 0.917 bits per heavy atom. The second-order valence-electron chi connectivity index (χ2n) is 7.68. The molecule has 2 aromatic heterocycles. The Morgan fingerprint density at radius 3 is 2.28 bits per heavy atom. The van der Waals surface area contributed by atoms with Crippen LogP contribution < -0.4 is 5.32 Å². The average Bonchev–Trinajstić information content (AvgIpc) is 3.35. The minimum absolute atomic E-state index is 0.000208. The molecule has 12 heteroatoms. The lowest BCUT2D eigenvalue weighted by Gasteiger charge is -2.20. The van der Waals surface area contributed by atoms with Crippen LogP contribution >= 0.6 is 0 Å². The number of hydrogen-bond donors (Lipinski definition) is 1. The van der Waals surface area contributed by atoms with Crippen molar-refractivity contribution < 1.29 is 35.7 Å². The van der Waals surface area contributed by atoms with Gasteiger partial charge in [0.15, 0.2) is 0 Å². The monoisotopic (exact) mass is 506 g/mol. The van der Waals surface area contributed by atoms with E-state index < -0.39 is 35.8 Å².